The van der Waals surface area contributed by atoms with E-state index in [0.717, 1.165) is 23.1 Å². The Balaban J connectivity index is 2.70. The van der Waals surface area contributed by atoms with Crippen LogP contribution in [0, 0.1) is 13.8 Å². The molecule has 4 nitrogen and oxygen atoms in total. The average molecular weight is 287 g/mol. The number of methoxy groups -OCH3 is 1. The van der Waals surface area contributed by atoms with Crippen LogP contribution in [0.15, 0.2) is 24.3 Å². The lowest BCUT2D eigenvalue weighted by Crippen LogP contribution is -2.13. The molecule has 0 bridgehead atoms. The number of anilines is 1. The number of allylic oxidation sites excluding steroid dienone is 4. The van der Waals surface area contributed by atoms with E-state index in [9.17, 15) is 4.79 Å². The van der Waals surface area contributed by atoms with E-state index in [1.165, 1.54) is 6.92 Å². The van der Waals surface area contributed by atoms with Crippen molar-refractivity contribution in [3.05, 3.63) is 41.0 Å². The number of nitrogen functional groups attached to an aromatic ring is 1. The molecule has 0 saturated heterocycles. The van der Waals surface area contributed by atoms with Crippen LogP contribution in [0.3, 0.4) is 0 Å². The maximum Gasteiger partial charge on any atom is 0.308 e. The van der Waals surface area contributed by atoms with E-state index in [4.69, 9.17) is 15.2 Å². The largest absolute Gasteiger partial charge is 0.493 e. The first kappa shape index (κ1) is 15.2. The van der Waals surface area contributed by atoms with Crippen molar-refractivity contribution in [3.63, 3.8) is 0 Å². The van der Waals surface area contributed by atoms with Crippen molar-refractivity contribution in [1.82, 2.24) is 0 Å². The lowest BCUT2D eigenvalue weighted by molar-refractivity contribution is -0.132. The third-order valence-electron chi connectivity index (χ3n) is 3.85. The molecular weight excluding hydrogens is 266 g/mol. The third-order valence-corrected chi connectivity index (χ3v) is 3.85. The van der Waals surface area contributed by atoms with Gasteiger partial charge in [-0.15, -0.1) is 0 Å². The molecule has 0 spiro atoms. The lowest BCUT2D eigenvalue weighted by Gasteiger charge is -2.24. The number of benzene rings is 1. The highest BCUT2D eigenvalue weighted by Gasteiger charge is 2.26. The van der Waals surface area contributed by atoms with Crippen molar-refractivity contribution in [2.24, 2.45) is 0 Å². The van der Waals surface area contributed by atoms with Gasteiger partial charge in [-0.1, -0.05) is 24.3 Å². The van der Waals surface area contributed by atoms with Gasteiger partial charge in [-0.3, -0.25) is 4.79 Å². The Hall–Kier alpha value is -2.23. The van der Waals surface area contributed by atoms with Gasteiger partial charge in [0.15, 0.2) is 11.5 Å². The van der Waals surface area contributed by atoms with E-state index in [1.54, 1.807) is 7.11 Å². The molecule has 2 rings (SSSR count). The summed E-state index contributed by atoms with van der Waals surface area (Å²) in [7, 11) is 1.57. The SMILES string of the molecule is COc1c(C)c(C)c(N)c([C@@H]2C=CC=CC2)c1OC(C)=O. The van der Waals surface area contributed by atoms with Crippen LogP contribution in [0.25, 0.3) is 0 Å². The molecule has 0 radical (unpaired) electrons. The molecule has 112 valence electrons. The molecule has 2 N–H and O–H groups in total. The van der Waals surface area contributed by atoms with E-state index < -0.39 is 0 Å². The highest BCUT2D eigenvalue weighted by molar-refractivity contribution is 5.77. The normalized spacial score (nSPS) is 16.9. The fraction of sp³-hybridized carbons (Fsp3) is 0.353. The molecule has 0 fully saturated rings. The van der Waals surface area contributed by atoms with E-state index in [2.05, 4.69) is 12.2 Å². The second-order valence-corrected chi connectivity index (χ2v) is 5.19. The van der Waals surface area contributed by atoms with Crippen LogP contribution in [0.5, 0.6) is 11.5 Å². The van der Waals surface area contributed by atoms with Crippen LogP contribution in [-0.2, 0) is 4.79 Å². The molecule has 1 aromatic carbocycles. The molecule has 0 aliphatic heterocycles. The fourth-order valence-corrected chi connectivity index (χ4v) is 2.64. The van der Waals surface area contributed by atoms with Crippen LogP contribution in [0.1, 0.15) is 36.0 Å². The molecule has 0 heterocycles. The van der Waals surface area contributed by atoms with Gasteiger partial charge >= 0.3 is 5.97 Å². The predicted molar refractivity (Wildman–Crippen MR) is 83.8 cm³/mol. The first-order valence-corrected chi connectivity index (χ1v) is 6.95. The van der Waals surface area contributed by atoms with Crippen LogP contribution >= 0.6 is 0 Å². The third kappa shape index (κ3) is 2.79. The summed E-state index contributed by atoms with van der Waals surface area (Å²) in [4.78, 5) is 11.5. The summed E-state index contributed by atoms with van der Waals surface area (Å²) < 4.78 is 10.9. The molecule has 21 heavy (non-hydrogen) atoms. The minimum absolute atomic E-state index is 0.0811. The molecule has 0 saturated carbocycles. The number of esters is 1. The maximum atomic E-state index is 11.5. The zero-order chi connectivity index (χ0) is 15.6. The molecule has 0 unspecified atom stereocenters. The Kier molecular flexibility index (Phi) is 4.36. The lowest BCUT2D eigenvalue weighted by atomic mass is 9.87. The number of ether oxygens (including phenoxy) is 2. The molecule has 0 aromatic heterocycles. The number of hydrogen-bond acceptors (Lipinski definition) is 4. The molecule has 1 aromatic rings. The van der Waals surface area contributed by atoms with Crippen molar-refractivity contribution < 1.29 is 14.3 Å². The predicted octanol–water partition coefficient (Wildman–Crippen LogP) is 3.42. The van der Waals surface area contributed by atoms with Gasteiger partial charge in [0.25, 0.3) is 0 Å². The topological polar surface area (TPSA) is 61.6 Å². The van der Waals surface area contributed by atoms with Crippen molar-refractivity contribution in [1.29, 1.82) is 0 Å². The maximum absolute atomic E-state index is 11.5. The minimum atomic E-state index is -0.382. The van der Waals surface area contributed by atoms with Crippen molar-refractivity contribution in [2.45, 2.75) is 33.1 Å². The van der Waals surface area contributed by atoms with Crippen LogP contribution < -0.4 is 15.2 Å². The summed E-state index contributed by atoms with van der Waals surface area (Å²) in [5.41, 5.74) is 9.65. The molecular formula is C17H21NO3. The van der Waals surface area contributed by atoms with Gasteiger partial charge in [0.2, 0.25) is 0 Å². The molecule has 1 atom stereocenters. The van der Waals surface area contributed by atoms with Crippen LogP contribution in [0.4, 0.5) is 5.69 Å². The first-order chi connectivity index (χ1) is 9.97. The Bertz CT molecular complexity index is 630. The van der Waals surface area contributed by atoms with E-state index in [-0.39, 0.29) is 11.9 Å². The molecule has 4 heteroatoms. The summed E-state index contributed by atoms with van der Waals surface area (Å²) >= 11 is 0. The monoisotopic (exact) mass is 287 g/mol. The Morgan fingerprint density at radius 1 is 1.24 bits per heavy atom. The van der Waals surface area contributed by atoms with Crippen LogP contribution in [-0.4, -0.2) is 13.1 Å². The van der Waals surface area contributed by atoms with Gasteiger partial charge in [0.1, 0.15) is 0 Å². The number of rotatable bonds is 3. The summed E-state index contributed by atoms with van der Waals surface area (Å²) in [5, 5.41) is 0. The van der Waals surface area contributed by atoms with Gasteiger partial charge in [-0.05, 0) is 31.4 Å². The number of nitrogens with two attached hydrogens (primary N) is 1. The second-order valence-electron chi connectivity index (χ2n) is 5.19. The first-order valence-electron chi connectivity index (χ1n) is 6.95. The van der Waals surface area contributed by atoms with Crippen molar-refractivity contribution in [3.8, 4) is 11.5 Å². The van der Waals surface area contributed by atoms with Gasteiger partial charge in [0.05, 0.1) is 7.11 Å². The average Bonchev–Trinajstić information content (AvgIpc) is 2.46. The summed E-state index contributed by atoms with van der Waals surface area (Å²) in [6.45, 7) is 5.25. The summed E-state index contributed by atoms with van der Waals surface area (Å²) in [6, 6.07) is 0. The van der Waals surface area contributed by atoms with Gasteiger partial charge in [0, 0.05) is 24.1 Å². The van der Waals surface area contributed by atoms with E-state index in [0.29, 0.717) is 17.2 Å². The number of carbonyl (C=O) groups excluding carboxylic acids is 1. The smallest absolute Gasteiger partial charge is 0.308 e. The molecule has 0 amide bonds. The highest BCUT2D eigenvalue weighted by atomic mass is 16.6. The Morgan fingerprint density at radius 3 is 2.48 bits per heavy atom. The number of carbonyl (C=O) groups is 1. The summed E-state index contributed by atoms with van der Waals surface area (Å²) in [5.74, 6) is 0.718. The number of hydrogen-bond donors (Lipinski definition) is 1. The Labute approximate surface area is 125 Å². The summed E-state index contributed by atoms with van der Waals surface area (Å²) in [6.07, 6.45) is 8.93. The molecule has 1 aliphatic rings. The minimum Gasteiger partial charge on any atom is -0.493 e. The van der Waals surface area contributed by atoms with Gasteiger partial charge in [-0.2, -0.15) is 0 Å². The quantitative estimate of drug-likeness (QED) is 0.525. The Morgan fingerprint density at radius 2 is 1.95 bits per heavy atom. The van der Waals surface area contributed by atoms with Gasteiger partial charge in [-0.25, -0.2) is 0 Å². The second kappa shape index (κ2) is 6.04. The van der Waals surface area contributed by atoms with E-state index in [1.807, 2.05) is 26.0 Å². The van der Waals surface area contributed by atoms with Crippen molar-refractivity contribution in [2.75, 3.05) is 12.8 Å². The van der Waals surface area contributed by atoms with Gasteiger partial charge < -0.3 is 15.2 Å². The highest BCUT2D eigenvalue weighted by Crippen LogP contribution is 2.46. The van der Waals surface area contributed by atoms with E-state index >= 15 is 0 Å². The fourth-order valence-electron chi connectivity index (χ4n) is 2.64. The standard InChI is InChI=1S/C17H21NO3/c1-10-11(2)16(20-4)17(21-12(3)19)14(15(10)18)13-8-6-5-7-9-13/h5-8,13H,9,18H2,1-4H3/t13-/m1/s1. The zero-order valence-corrected chi connectivity index (χ0v) is 12.9. The zero-order valence-electron chi connectivity index (χ0n) is 12.9. The van der Waals surface area contributed by atoms with Crippen molar-refractivity contribution >= 4 is 11.7 Å². The van der Waals surface area contributed by atoms with Crippen LogP contribution in [0.2, 0.25) is 0 Å². The molecule has 1 aliphatic carbocycles.